The molecule has 3 rings (SSSR count). The molecular formula is C17H13NO2. The highest BCUT2D eigenvalue weighted by Crippen LogP contribution is 2.20. The molecule has 0 spiro atoms. The molecule has 0 heterocycles. The maximum atomic E-state index is 12.3. The van der Waals surface area contributed by atoms with Gasteiger partial charge in [0, 0.05) is 11.3 Å². The molecule has 3 nitrogen and oxygen atoms in total. The first-order valence-electron chi connectivity index (χ1n) is 6.32. The Morgan fingerprint density at radius 1 is 0.850 bits per heavy atom. The minimum atomic E-state index is -0.160. The minimum Gasteiger partial charge on any atom is -0.508 e. The second-order valence-electron chi connectivity index (χ2n) is 4.53. The highest BCUT2D eigenvalue weighted by Gasteiger charge is 2.09. The van der Waals surface area contributed by atoms with Gasteiger partial charge in [-0.05, 0) is 41.1 Å². The van der Waals surface area contributed by atoms with Crippen molar-refractivity contribution in [2.24, 2.45) is 0 Å². The van der Waals surface area contributed by atoms with E-state index in [0.29, 0.717) is 11.3 Å². The van der Waals surface area contributed by atoms with E-state index in [2.05, 4.69) is 5.32 Å². The van der Waals surface area contributed by atoms with Crippen LogP contribution in [0.15, 0.2) is 66.7 Å². The summed E-state index contributed by atoms with van der Waals surface area (Å²) in [6.07, 6.45) is 0. The van der Waals surface area contributed by atoms with Crippen molar-refractivity contribution in [1.29, 1.82) is 0 Å². The van der Waals surface area contributed by atoms with Gasteiger partial charge in [-0.15, -0.1) is 0 Å². The lowest BCUT2D eigenvalue weighted by molar-refractivity contribution is 0.102. The second kappa shape index (κ2) is 5.05. The van der Waals surface area contributed by atoms with Crippen molar-refractivity contribution in [2.45, 2.75) is 0 Å². The number of aromatic hydroxyl groups is 1. The molecule has 3 heteroatoms. The summed E-state index contributed by atoms with van der Waals surface area (Å²) < 4.78 is 0. The lowest BCUT2D eigenvalue weighted by atomic mass is 10.0. The average Bonchev–Trinajstić information content (AvgIpc) is 2.49. The molecule has 2 N–H and O–H groups in total. The van der Waals surface area contributed by atoms with Crippen LogP contribution in [0.1, 0.15) is 10.4 Å². The number of benzene rings is 3. The van der Waals surface area contributed by atoms with E-state index in [4.69, 9.17) is 0 Å². The fraction of sp³-hybridized carbons (Fsp3) is 0. The van der Waals surface area contributed by atoms with Gasteiger partial charge in [0.2, 0.25) is 0 Å². The van der Waals surface area contributed by atoms with Crippen LogP contribution in [0, 0.1) is 0 Å². The average molecular weight is 263 g/mol. The van der Waals surface area contributed by atoms with Gasteiger partial charge in [-0.1, -0.05) is 36.4 Å². The summed E-state index contributed by atoms with van der Waals surface area (Å²) >= 11 is 0. The molecule has 0 aliphatic carbocycles. The lowest BCUT2D eigenvalue weighted by Gasteiger charge is -2.08. The predicted molar refractivity (Wildman–Crippen MR) is 80.0 cm³/mol. The number of amides is 1. The van der Waals surface area contributed by atoms with E-state index in [1.807, 2.05) is 36.4 Å². The molecule has 0 radical (unpaired) electrons. The van der Waals surface area contributed by atoms with E-state index >= 15 is 0 Å². The number of fused-ring (bicyclic) bond motifs is 1. The summed E-state index contributed by atoms with van der Waals surface area (Å²) in [7, 11) is 0. The number of rotatable bonds is 2. The smallest absolute Gasteiger partial charge is 0.256 e. The lowest BCUT2D eigenvalue weighted by Crippen LogP contribution is -2.12. The molecule has 0 aliphatic heterocycles. The van der Waals surface area contributed by atoms with Crippen LogP contribution in [0.25, 0.3) is 10.8 Å². The van der Waals surface area contributed by atoms with Crippen LogP contribution < -0.4 is 5.32 Å². The molecule has 98 valence electrons. The predicted octanol–water partition coefficient (Wildman–Crippen LogP) is 3.80. The highest BCUT2D eigenvalue weighted by atomic mass is 16.3. The first-order chi connectivity index (χ1) is 9.74. The Morgan fingerprint density at radius 2 is 1.55 bits per heavy atom. The molecule has 0 fully saturated rings. The monoisotopic (exact) mass is 263 g/mol. The van der Waals surface area contributed by atoms with Crippen LogP contribution in [-0.4, -0.2) is 11.0 Å². The number of nitrogens with one attached hydrogen (secondary N) is 1. The van der Waals surface area contributed by atoms with E-state index in [1.165, 1.54) is 0 Å². The summed E-state index contributed by atoms with van der Waals surface area (Å²) in [6, 6.07) is 19.8. The van der Waals surface area contributed by atoms with Crippen LogP contribution in [0.3, 0.4) is 0 Å². The molecule has 0 unspecified atom stereocenters. The van der Waals surface area contributed by atoms with Gasteiger partial charge in [0.15, 0.2) is 0 Å². The number of phenols is 1. The zero-order valence-corrected chi connectivity index (χ0v) is 10.7. The van der Waals surface area contributed by atoms with Crippen molar-refractivity contribution in [3.05, 3.63) is 72.3 Å². The van der Waals surface area contributed by atoms with Crippen molar-refractivity contribution in [1.82, 2.24) is 0 Å². The molecule has 20 heavy (non-hydrogen) atoms. The standard InChI is InChI=1S/C17H13NO2/c19-14-10-8-13(9-11-14)18-17(20)16-7-3-5-12-4-1-2-6-15(12)16/h1-11,19H,(H,18,20). The number of carbonyl (C=O) groups excluding carboxylic acids is 1. The van der Waals surface area contributed by atoms with Gasteiger partial charge in [0.1, 0.15) is 5.75 Å². The van der Waals surface area contributed by atoms with E-state index in [0.717, 1.165) is 10.8 Å². The van der Waals surface area contributed by atoms with Crippen molar-refractivity contribution in [3.63, 3.8) is 0 Å². The van der Waals surface area contributed by atoms with Crippen LogP contribution >= 0.6 is 0 Å². The van der Waals surface area contributed by atoms with Crippen molar-refractivity contribution in [3.8, 4) is 5.75 Å². The Bertz CT molecular complexity index is 758. The number of anilines is 1. The Balaban J connectivity index is 1.94. The van der Waals surface area contributed by atoms with Gasteiger partial charge in [-0.25, -0.2) is 0 Å². The van der Waals surface area contributed by atoms with Gasteiger partial charge in [-0.3, -0.25) is 4.79 Å². The van der Waals surface area contributed by atoms with E-state index in [9.17, 15) is 9.90 Å². The zero-order chi connectivity index (χ0) is 13.9. The zero-order valence-electron chi connectivity index (χ0n) is 10.7. The molecule has 3 aromatic rings. The maximum Gasteiger partial charge on any atom is 0.256 e. The Hall–Kier alpha value is -2.81. The van der Waals surface area contributed by atoms with Gasteiger partial charge in [0.05, 0.1) is 0 Å². The third-order valence-electron chi connectivity index (χ3n) is 3.16. The van der Waals surface area contributed by atoms with E-state index < -0.39 is 0 Å². The normalized spacial score (nSPS) is 10.4. The molecule has 1 amide bonds. The first-order valence-corrected chi connectivity index (χ1v) is 6.32. The number of phenolic OH excluding ortho intramolecular Hbond substituents is 1. The van der Waals surface area contributed by atoms with E-state index in [-0.39, 0.29) is 11.7 Å². The second-order valence-corrected chi connectivity index (χ2v) is 4.53. The molecule has 3 aromatic carbocycles. The van der Waals surface area contributed by atoms with Gasteiger partial charge >= 0.3 is 0 Å². The maximum absolute atomic E-state index is 12.3. The third kappa shape index (κ3) is 2.34. The molecule has 0 aromatic heterocycles. The fourth-order valence-electron chi connectivity index (χ4n) is 2.17. The summed E-state index contributed by atoms with van der Waals surface area (Å²) in [6.45, 7) is 0. The summed E-state index contributed by atoms with van der Waals surface area (Å²) in [5.74, 6) is 0.0145. The van der Waals surface area contributed by atoms with Crippen LogP contribution in [0.4, 0.5) is 5.69 Å². The summed E-state index contributed by atoms with van der Waals surface area (Å²) in [5, 5.41) is 14.0. The van der Waals surface area contributed by atoms with E-state index in [1.54, 1.807) is 30.3 Å². The SMILES string of the molecule is O=C(Nc1ccc(O)cc1)c1cccc2ccccc12. The Morgan fingerprint density at radius 3 is 2.35 bits per heavy atom. The first kappa shape index (κ1) is 12.2. The van der Waals surface area contributed by atoms with Crippen LogP contribution in [-0.2, 0) is 0 Å². The largest absolute Gasteiger partial charge is 0.508 e. The van der Waals surface area contributed by atoms with Gasteiger partial charge < -0.3 is 10.4 Å². The van der Waals surface area contributed by atoms with Gasteiger partial charge in [-0.2, -0.15) is 0 Å². The van der Waals surface area contributed by atoms with Crippen molar-refractivity contribution < 1.29 is 9.90 Å². The summed E-state index contributed by atoms with van der Waals surface area (Å²) in [4.78, 5) is 12.3. The Labute approximate surface area is 116 Å². The molecular weight excluding hydrogens is 250 g/mol. The van der Waals surface area contributed by atoms with Crippen LogP contribution in [0.2, 0.25) is 0 Å². The Kier molecular flexibility index (Phi) is 3.09. The number of hydrogen-bond acceptors (Lipinski definition) is 2. The quantitative estimate of drug-likeness (QED) is 0.691. The number of hydrogen-bond donors (Lipinski definition) is 2. The van der Waals surface area contributed by atoms with Gasteiger partial charge in [0.25, 0.3) is 5.91 Å². The highest BCUT2D eigenvalue weighted by molar-refractivity contribution is 6.12. The van der Waals surface area contributed by atoms with Crippen LogP contribution in [0.5, 0.6) is 5.75 Å². The minimum absolute atomic E-state index is 0.160. The van der Waals surface area contributed by atoms with Crippen molar-refractivity contribution >= 4 is 22.4 Å². The van der Waals surface area contributed by atoms with Crippen molar-refractivity contribution in [2.75, 3.05) is 5.32 Å². The molecule has 0 saturated carbocycles. The molecule has 0 bridgehead atoms. The fourth-order valence-corrected chi connectivity index (χ4v) is 2.17. The molecule has 0 aliphatic rings. The molecule has 0 saturated heterocycles. The molecule has 0 atom stereocenters. The number of carbonyl (C=O) groups is 1. The summed E-state index contributed by atoms with van der Waals surface area (Å²) in [5.41, 5.74) is 1.29. The topological polar surface area (TPSA) is 49.3 Å². The third-order valence-corrected chi connectivity index (χ3v) is 3.16.